The molecule has 3 N–H and O–H groups in total. The highest BCUT2D eigenvalue weighted by Crippen LogP contribution is 2.30. The predicted octanol–water partition coefficient (Wildman–Crippen LogP) is 4.27. The van der Waals surface area contributed by atoms with E-state index in [4.69, 9.17) is 15.5 Å². The van der Waals surface area contributed by atoms with E-state index in [0.29, 0.717) is 41.7 Å². The molecule has 3 saturated heterocycles. The first-order valence-corrected chi connectivity index (χ1v) is 16.8. The molecule has 4 aromatic rings. The van der Waals surface area contributed by atoms with Crippen molar-refractivity contribution in [3.8, 4) is 22.8 Å². The normalized spacial score (nSPS) is 18.0. The number of hydrogen-bond acceptors (Lipinski definition) is 9. The molecule has 2 aromatic heterocycles. The molecule has 12 nitrogen and oxygen atoms in total. The number of urea groups is 1. The van der Waals surface area contributed by atoms with Gasteiger partial charge in [0.15, 0.2) is 0 Å². The molecule has 3 aliphatic rings. The van der Waals surface area contributed by atoms with Crippen LogP contribution in [0.25, 0.3) is 11.3 Å². The van der Waals surface area contributed by atoms with Gasteiger partial charge in [-0.05, 0) is 73.5 Å². The topological polar surface area (TPSA) is 137 Å². The Labute approximate surface area is 285 Å². The zero-order valence-corrected chi connectivity index (χ0v) is 27.3. The Morgan fingerprint density at radius 1 is 0.837 bits per heavy atom. The van der Waals surface area contributed by atoms with Crippen LogP contribution in [-0.2, 0) is 11.3 Å². The molecule has 252 valence electrons. The average Bonchev–Trinajstić information content (AvgIpc) is 3.13. The Balaban J connectivity index is 0.916. The third-order valence-electron chi connectivity index (χ3n) is 9.52. The number of rotatable bonds is 9. The van der Waals surface area contributed by atoms with Gasteiger partial charge in [-0.1, -0.05) is 18.2 Å². The van der Waals surface area contributed by atoms with Crippen LogP contribution in [-0.4, -0.2) is 89.5 Å². The number of aromatic nitrogens is 2. The Morgan fingerprint density at radius 2 is 1.57 bits per heavy atom. The molecular weight excluding hydrogens is 620 g/mol. The smallest absolute Gasteiger partial charge is 0.328 e. The van der Waals surface area contributed by atoms with Gasteiger partial charge < -0.3 is 15.4 Å². The summed E-state index contributed by atoms with van der Waals surface area (Å²) < 4.78 is 5.94. The average molecular weight is 661 g/mol. The molecule has 12 heteroatoms. The summed E-state index contributed by atoms with van der Waals surface area (Å²) in [5.41, 5.74) is 9.19. The fourth-order valence-corrected chi connectivity index (χ4v) is 6.81. The summed E-state index contributed by atoms with van der Waals surface area (Å²) in [6.07, 6.45) is 4.09. The van der Waals surface area contributed by atoms with E-state index in [1.807, 2.05) is 72.8 Å². The van der Waals surface area contributed by atoms with Crippen LogP contribution in [0.2, 0.25) is 0 Å². The molecular formula is C37H40N8O4. The van der Waals surface area contributed by atoms with Crippen molar-refractivity contribution < 1.29 is 19.1 Å². The number of benzene rings is 2. The third-order valence-corrected chi connectivity index (χ3v) is 9.52. The van der Waals surface area contributed by atoms with Crippen molar-refractivity contribution in [1.82, 2.24) is 25.1 Å². The number of pyridine rings is 2. The number of carbonyl (C=O) groups is 3. The van der Waals surface area contributed by atoms with Gasteiger partial charge in [-0.3, -0.25) is 34.6 Å². The molecule has 3 fully saturated rings. The minimum absolute atomic E-state index is 0.244. The lowest BCUT2D eigenvalue weighted by atomic mass is 10.0. The van der Waals surface area contributed by atoms with Crippen molar-refractivity contribution in [3.05, 3.63) is 96.3 Å². The second-order valence-corrected chi connectivity index (χ2v) is 12.7. The minimum Gasteiger partial charge on any atom is -0.457 e. The van der Waals surface area contributed by atoms with Crippen LogP contribution < -0.4 is 25.6 Å². The zero-order chi connectivity index (χ0) is 33.7. The summed E-state index contributed by atoms with van der Waals surface area (Å²) >= 11 is 0. The summed E-state index contributed by atoms with van der Waals surface area (Å²) in [7, 11) is 0. The maximum absolute atomic E-state index is 12.3. The van der Waals surface area contributed by atoms with E-state index >= 15 is 0 Å². The van der Waals surface area contributed by atoms with Crippen molar-refractivity contribution in [1.29, 1.82) is 0 Å². The number of amides is 4. The number of carbonyl (C=O) groups excluding carboxylic acids is 3. The van der Waals surface area contributed by atoms with Gasteiger partial charge in [0.05, 0.1) is 28.8 Å². The van der Waals surface area contributed by atoms with E-state index < -0.39 is 11.9 Å². The summed E-state index contributed by atoms with van der Waals surface area (Å²) in [6, 6.07) is 24.8. The third kappa shape index (κ3) is 7.55. The number of hydrogen-bond donors (Lipinski definition) is 2. The van der Waals surface area contributed by atoms with Gasteiger partial charge >= 0.3 is 6.03 Å². The van der Waals surface area contributed by atoms with E-state index in [9.17, 15) is 14.4 Å². The number of piperidine rings is 1. The molecule has 0 saturated carbocycles. The summed E-state index contributed by atoms with van der Waals surface area (Å²) in [5, 5.41) is 2.35. The first-order chi connectivity index (χ1) is 23.9. The van der Waals surface area contributed by atoms with Gasteiger partial charge in [0, 0.05) is 70.4 Å². The van der Waals surface area contributed by atoms with Crippen molar-refractivity contribution in [2.45, 2.75) is 31.8 Å². The molecule has 0 aliphatic carbocycles. The van der Waals surface area contributed by atoms with Crippen LogP contribution in [0.1, 0.15) is 35.3 Å². The van der Waals surface area contributed by atoms with Gasteiger partial charge in [0.1, 0.15) is 17.3 Å². The van der Waals surface area contributed by atoms with E-state index in [2.05, 4.69) is 25.0 Å². The quantitative estimate of drug-likeness (QED) is 0.270. The largest absolute Gasteiger partial charge is 0.457 e. The maximum atomic E-state index is 12.3. The van der Waals surface area contributed by atoms with Gasteiger partial charge in [-0.25, -0.2) is 9.78 Å². The van der Waals surface area contributed by atoms with Gasteiger partial charge in [-0.2, -0.15) is 0 Å². The monoisotopic (exact) mass is 660 g/mol. The highest BCUT2D eigenvalue weighted by atomic mass is 16.5. The fraction of sp³-hybridized carbons (Fsp3) is 0.324. The number of para-hydroxylation sites is 1. The number of nitrogens with two attached hydrogens (primary N) is 1. The second kappa shape index (κ2) is 14.4. The van der Waals surface area contributed by atoms with Crippen LogP contribution in [0, 0.1) is 0 Å². The summed E-state index contributed by atoms with van der Waals surface area (Å²) in [5.74, 6) is 1.55. The van der Waals surface area contributed by atoms with E-state index in [1.54, 1.807) is 17.2 Å². The molecule has 0 atom stereocenters. The number of imide groups is 1. The molecule has 0 unspecified atom stereocenters. The van der Waals surface area contributed by atoms with Gasteiger partial charge in [0.25, 0.3) is 5.91 Å². The lowest BCUT2D eigenvalue weighted by Crippen LogP contribution is -2.53. The molecule has 0 spiro atoms. The van der Waals surface area contributed by atoms with Crippen LogP contribution >= 0.6 is 0 Å². The number of ether oxygens (including phenoxy) is 1. The molecule has 0 radical (unpaired) electrons. The van der Waals surface area contributed by atoms with Crippen LogP contribution in [0.5, 0.6) is 11.5 Å². The minimum atomic E-state index is -0.505. The summed E-state index contributed by atoms with van der Waals surface area (Å²) in [6.45, 7) is 6.84. The van der Waals surface area contributed by atoms with Crippen LogP contribution in [0.15, 0.2) is 85.1 Å². The van der Waals surface area contributed by atoms with Crippen LogP contribution in [0.4, 0.5) is 16.3 Å². The molecule has 5 heterocycles. The number of anilines is 2. The second-order valence-electron chi connectivity index (χ2n) is 12.7. The zero-order valence-electron chi connectivity index (χ0n) is 27.3. The number of piperazine rings is 1. The number of primary amides is 1. The standard InChI is InChI=1S/C37H40N8O4/c38-36(47)32-12-13-33(40-35(32)26-6-10-31(11-7-26)49-30-4-2-1-3-5-30)44-17-14-28(15-18-44)43-22-20-42(21-23-43)25-27-8-9-29(24-39-27)45-19-16-34(46)41-37(45)48/h1-13,24,28H,14-23,25H2,(H2,38,47)(H,41,46,48). The van der Waals surface area contributed by atoms with Crippen LogP contribution in [0.3, 0.4) is 0 Å². The number of nitrogens with zero attached hydrogens (tertiary/aromatic N) is 6. The predicted molar refractivity (Wildman–Crippen MR) is 187 cm³/mol. The first kappa shape index (κ1) is 32.2. The van der Waals surface area contributed by atoms with Crippen molar-refractivity contribution in [2.24, 2.45) is 5.73 Å². The molecule has 4 amide bonds. The molecule has 0 bridgehead atoms. The molecule has 49 heavy (non-hydrogen) atoms. The van der Waals surface area contributed by atoms with E-state index in [0.717, 1.165) is 81.5 Å². The Kier molecular flexibility index (Phi) is 9.49. The van der Waals surface area contributed by atoms with Gasteiger partial charge in [-0.15, -0.1) is 0 Å². The van der Waals surface area contributed by atoms with E-state index in [-0.39, 0.29) is 5.91 Å². The highest BCUT2D eigenvalue weighted by molar-refractivity contribution is 6.05. The molecule has 3 aliphatic heterocycles. The highest BCUT2D eigenvalue weighted by Gasteiger charge is 2.29. The number of nitrogens with one attached hydrogen (secondary N) is 1. The first-order valence-electron chi connectivity index (χ1n) is 16.8. The van der Waals surface area contributed by atoms with Crippen molar-refractivity contribution in [2.75, 3.05) is 55.6 Å². The lowest BCUT2D eigenvalue weighted by Gasteiger charge is -2.43. The lowest BCUT2D eigenvalue weighted by molar-refractivity contribution is -0.120. The fourth-order valence-electron chi connectivity index (χ4n) is 6.81. The maximum Gasteiger partial charge on any atom is 0.328 e. The SMILES string of the molecule is NC(=O)c1ccc(N2CCC(N3CCN(Cc4ccc(N5CCC(=O)NC5=O)cn4)CC3)CC2)nc1-c1ccc(Oc2ccccc2)cc1. The Morgan fingerprint density at radius 3 is 2.24 bits per heavy atom. The molecule has 2 aromatic carbocycles. The van der Waals surface area contributed by atoms with E-state index in [1.165, 1.54) is 0 Å². The Bertz CT molecular complexity index is 1790. The van der Waals surface area contributed by atoms with Crippen molar-refractivity contribution in [3.63, 3.8) is 0 Å². The van der Waals surface area contributed by atoms with Crippen molar-refractivity contribution >= 4 is 29.4 Å². The van der Waals surface area contributed by atoms with Gasteiger partial charge in [0.2, 0.25) is 5.91 Å². The Hall–Kier alpha value is -5.33. The molecule has 7 rings (SSSR count). The summed E-state index contributed by atoms with van der Waals surface area (Å²) in [4.78, 5) is 54.4.